The molecule has 194 valence electrons. The van der Waals surface area contributed by atoms with E-state index < -0.39 is 5.54 Å². The molecular formula is C31H31N3O4. The number of nitrogens with one attached hydrogen (secondary N) is 2. The van der Waals surface area contributed by atoms with Gasteiger partial charge in [0, 0.05) is 31.6 Å². The van der Waals surface area contributed by atoms with Crippen LogP contribution in [0.2, 0.25) is 0 Å². The Morgan fingerprint density at radius 2 is 1.71 bits per heavy atom. The van der Waals surface area contributed by atoms with Gasteiger partial charge in [0.2, 0.25) is 5.90 Å². The van der Waals surface area contributed by atoms with Crippen LogP contribution in [-0.2, 0) is 22.5 Å². The van der Waals surface area contributed by atoms with Gasteiger partial charge in [0.1, 0.15) is 12.4 Å². The lowest BCUT2D eigenvalue weighted by molar-refractivity contribution is -0.127. The maximum atomic E-state index is 13.6. The second-order valence-corrected chi connectivity index (χ2v) is 9.30. The minimum Gasteiger partial charge on any atom is -0.494 e. The van der Waals surface area contributed by atoms with E-state index in [-0.39, 0.29) is 19.1 Å². The van der Waals surface area contributed by atoms with Gasteiger partial charge in [-0.15, -0.1) is 0 Å². The smallest absolute Gasteiger partial charge is 0.266 e. The van der Waals surface area contributed by atoms with Gasteiger partial charge in [-0.1, -0.05) is 72.8 Å². The van der Waals surface area contributed by atoms with Crippen LogP contribution in [0.15, 0.2) is 102 Å². The number of hydrogen-bond donors (Lipinski definition) is 3. The Balaban J connectivity index is 1.32. The quantitative estimate of drug-likeness (QED) is 0.208. The molecule has 7 nitrogen and oxygen atoms in total. The van der Waals surface area contributed by atoms with Gasteiger partial charge in [-0.25, -0.2) is 10.4 Å². The number of benzene rings is 4. The largest absolute Gasteiger partial charge is 0.494 e. The van der Waals surface area contributed by atoms with Gasteiger partial charge in [-0.2, -0.15) is 0 Å². The highest BCUT2D eigenvalue weighted by molar-refractivity contribution is 6.00. The van der Waals surface area contributed by atoms with Gasteiger partial charge in [0.25, 0.3) is 5.91 Å². The van der Waals surface area contributed by atoms with Crippen LogP contribution in [0.3, 0.4) is 0 Å². The van der Waals surface area contributed by atoms with Crippen LogP contribution in [-0.4, -0.2) is 42.3 Å². The average molecular weight is 510 g/mol. The Labute approximate surface area is 222 Å². The zero-order chi connectivity index (χ0) is 26.2. The molecule has 0 saturated carbocycles. The number of ether oxygens (including phenoxy) is 2. The fourth-order valence-corrected chi connectivity index (χ4v) is 4.55. The lowest BCUT2D eigenvalue weighted by atomic mass is 9.91. The number of aliphatic hydroxyl groups excluding tert-OH is 1. The first kappa shape index (κ1) is 25.4. The van der Waals surface area contributed by atoms with Crippen molar-refractivity contribution in [2.75, 3.05) is 19.8 Å². The number of hydrogen-bond acceptors (Lipinski definition) is 6. The molecule has 0 saturated heterocycles. The summed E-state index contributed by atoms with van der Waals surface area (Å²) in [7, 11) is 0. The van der Waals surface area contributed by atoms with Gasteiger partial charge >= 0.3 is 0 Å². The van der Waals surface area contributed by atoms with E-state index in [0.29, 0.717) is 37.6 Å². The average Bonchev–Trinajstić information content (AvgIpc) is 3.39. The summed E-state index contributed by atoms with van der Waals surface area (Å²) >= 11 is 0. The van der Waals surface area contributed by atoms with Crippen molar-refractivity contribution in [1.29, 1.82) is 0 Å². The fraction of sp³-hybridized carbons (Fsp3) is 0.226. The molecule has 1 amide bonds. The molecule has 1 aliphatic heterocycles. The van der Waals surface area contributed by atoms with Crippen LogP contribution in [0.25, 0.3) is 10.8 Å². The molecule has 1 heterocycles. The molecule has 0 aliphatic carbocycles. The van der Waals surface area contributed by atoms with E-state index in [2.05, 4.69) is 29.1 Å². The third kappa shape index (κ3) is 5.85. The molecule has 5 rings (SSSR count). The summed E-state index contributed by atoms with van der Waals surface area (Å²) in [5.74, 6) is 0.874. The standard InChI is InChI=1S/C31H31N3O4/c35-18-7-19-37-27-16-14-25(15-17-27)29-33-31(22-38-29,20-23-8-2-1-3-9-23)30(36)34-32-21-26-12-6-11-24-10-4-5-13-28(24)26/h1-6,8-17,32,35H,7,18-22H2,(H,34,36)/t31-/m0/s1. The molecule has 4 aromatic carbocycles. The molecular weight excluding hydrogens is 478 g/mol. The number of fused-ring (bicyclic) bond motifs is 1. The Hall–Kier alpha value is -4.20. The van der Waals surface area contributed by atoms with Crippen molar-refractivity contribution < 1.29 is 19.4 Å². The minimum absolute atomic E-state index is 0.0884. The van der Waals surface area contributed by atoms with Crippen LogP contribution >= 0.6 is 0 Å². The third-order valence-corrected chi connectivity index (χ3v) is 6.56. The second-order valence-electron chi connectivity index (χ2n) is 9.30. The first-order valence-electron chi connectivity index (χ1n) is 12.8. The number of amides is 1. The van der Waals surface area contributed by atoms with Gasteiger partial charge in [-0.3, -0.25) is 10.2 Å². The molecule has 0 fully saturated rings. The fourth-order valence-electron chi connectivity index (χ4n) is 4.55. The zero-order valence-corrected chi connectivity index (χ0v) is 21.1. The maximum Gasteiger partial charge on any atom is 0.266 e. The molecule has 1 atom stereocenters. The summed E-state index contributed by atoms with van der Waals surface area (Å²) in [4.78, 5) is 18.4. The predicted molar refractivity (Wildman–Crippen MR) is 148 cm³/mol. The minimum atomic E-state index is -1.11. The molecule has 4 aromatic rings. The second kappa shape index (κ2) is 11.9. The van der Waals surface area contributed by atoms with E-state index in [1.165, 1.54) is 0 Å². The van der Waals surface area contributed by atoms with Crippen molar-refractivity contribution in [3.63, 3.8) is 0 Å². The normalized spacial score (nSPS) is 16.6. The van der Waals surface area contributed by atoms with Crippen molar-refractivity contribution >= 4 is 22.6 Å². The molecule has 7 heteroatoms. The summed E-state index contributed by atoms with van der Waals surface area (Å²) < 4.78 is 11.6. The van der Waals surface area contributed by atoms with Crippen LogP contribution in [0.5, 0.6) is 5.75 Å². The van der Waals surface area contributed by atoms with Crippen LogP contribution < -0.4 is 15.6 Å². The van der Waals surface area contributed by atoms with Gasteiger partial charge in [-0.05, 0) is 46.2 Å². The van der Waals surface area contributed by atoms with Crippen LogP contribution in [0.4, 0.5) is 0 Å². The number of carbonyl (C=O) groups is 1. The van der Waals surface area contributed by atoms with E-state index in [4.69, 9.17) is 19.6 Å². The zero-order valence-electron chi connectivity index (χ0n) is 21.1. The summed E-state index contributed by atoms with van der Waals surface area (Å²) in [5, 5.41) is 11.2. The first-order chi connectivity index (χ1) is 18.7. The summed E-state index contributed by atoms with van der Waals surface area (Å²) in [6, 6.07) is 31.6. The topological polar surface area (TPSA) is 92.2 Å². The Morgan fingerprint density at radius 3 is 2.53 bits per heavy atom. The number of nitrogens with zero attached hydrogens (tertiary/aromatic N) is 1. The van der Waals surface area contributed by atoms with Crippen molar-refractivity contribution in [3.8, 4) is 5.75 Å². The van der Waals surface area contributed by atoms with E-state index in [1.54, 1.807) is 0 Å². The van der Waals surface area contributed by atoms with E-state index in [0.717, 1.165) is 27.5 Å². The number of aliphatic imine (C=N–C) groups is 1. The van der Waals surface area contributed by atoms with Crippen molar-refractivity contribution in [3.05, 3.63) is 114 Å². The first-order valence-corrected chi connectivity index (χ1v) is 12.8. The lowest BCUT2D eigenvalue weighted by Gasteiger charge is -2.23. The van der Waals surface area contributed by atoms with Crippen LogP contribution in [0, 0.1) is 0 Å². The van der Waals surface area contributed by atoms with Gasteiger partial charge < -0.3 is 14.6 Å². The van der Waals surface area contributed by atoms with Crippen molar-refractivity contribution in [1.82, 2.24) is 10.9 Å². The molecule has 38 heavy (non-hydrogen) atoms. The molecule has 0 bridgehead atoms. The highest BCUT2D eigenvalue weighted by Crippen LogP contribution is 2.27. The predicted octanol–water partition coefficient (Wildman–Crippen LogP) is 4.18. The molecule has 0 radical (unpaired) electrons. The Morgan fingerprint density at radius 1 is 0.947 bits per heavy atom. The lowest BCUT2D eigenvalue weighted by Crippen LogP contribution is -2.52. The third-order valence-electron chi connectivity index (χ3n) is 6.56. The molecule has 0 unspecified atom stereocenters. The number of carbonyl (C=O) groups excluding carboxylic acids is 1. The van der Waals surface area contributed by atoms with Crippen molar-refractivity contribution in [2.24, 2.45) is 4.99 Å². The van der Waals surface area contributed by atoms with Crippen LogP contribution in [0.1, 0.15) is 23.1 Å². The summed E-state index contributed by atoms with van der Waals surface area (Å²) in [5.41, 5.74) is 7.75. The molecule has 1 aliphatic rings. The molecule has 3 N–H and O–H groups in total. The van der Waals surface area contributed by atoms with Gasteiger partial charge in [0.15, 0.2) is 5.54 Å². The monoisotopic (exact) mass is 509 g/mol. The summed E-state index contributed by atoms with van der Waals surface area (Å²) in [6.45, 7) is 1.14. The summed E-state index contributed by atoms with van der Waals surface area (Å²) in [6.07, 6.45) is 0.977. The SMILES string of the molecule is O=C(NNCc1cccc2ccccc12)[C@]1(Cc2ccccc2)COC(c2ccc(OCCCO)cc2)=N1. The molecule has 0 aromatic heterocycles. The number of hydrazine groups is 1. The van der Waals surface area contributed by atoms with Crippen molar-refractivity contribution in [2.45, 2.75) is 24.9 Å². The Bertz CT molecular complexity index is 1400. The van der Waals surface area contributed by atoms with E-state index in [9.17, 15) is 4.79 Å². The number of aliphatic hydroxyl groups is 1. The number of rotatable bonds is 11. The van der Waals surface area contributed by atoms with E-state index >= 15 is 0 Å². The Kier molecular flexibility index (Phi) is 7.97. The van der Waals surface area contributed by atoms with E-state index in [1.807, 2.05) is 78.9 Å². The molecule has 0 spiro atoms. The highest BCUT2D eigenvalue weighted by Gasteiger charge is 2.44. The highest BCUT2D eigenvalue weighted by atomic mass is 16.5. The maximum absolute atomic E-state index is 13.6. The van der Waals surface area contributed by atoms with Gasteiger partial charge in [0.05, 0.1) is 6.61 Å².